The average Bonchev–Trinajstić information content (AvgIpc) is 2.62. The summed E-state index contributed by atoms with van der Waals surface area (Å²) in [6, 6.07) is 4.98. The number of sulfonamides is 1. The number of amides is 1. The van der Waals surface area contributed by atoms with E-state index >= 15 is 0 Å². The lowest BCUT2D eigenvalue weighted by Crippen LogP contribution is -2.47. The Morgan fingerprint density at radius 1 is 1.28 bits per heavy atom. The summed E-state index contributed by atoms with van der Waals surface area (Å²) >= 11 is 0. The van der Waals surface area contributed by atoms with E-state index in [9.17, 15) is 13.2 Å². The molecule has 1 atom stereocenters. The molecule has 1 fully saturated rings. The van der Waals surface area contributed by atoms with Crippen molar-refractivity contribution in [3.8, 4) is 0 Å². The number of aryl methyl sites for hydroxylation is 1. The minimum Gasteiger partial charge on any atom is -0.334 e. The molecular formula is C18H29N3O3S. The fraction of sp³-hybridized carbons (Fsp3) is 0.611. The van der Waals surface area contributed by atoms with Gasteiger partial charge in [-0.3, -0.25) is 4.79 Å². The maximum atomic E-state index is 12.9. The van der Waals surface area contributed by atoms with Crippen LogP contribution >= 0.6 is 0 Å². The molecule has 1 amide bonds. The van der Waals surface area contributed by atoms with Gasteiger partial charge in [0, 0.05) is 37.8 Å². The van der Waals surface area contributed by atoms with Crippen LogP contribution in [-0.4, -0.2) is 55.8 Å². The normalized spacial score (nSPS) is 18.6. The lowest BCUT2D eigenvalue weighted by molar-refractivity contribution is 0.0623. The number of hydrogen-bond acceptors (Lipinski definition) is 4. The van der Waals surface area contributed by atoms with E-state index in [1.807, 2.05) is 13.8 Å². The molecule has 7 heteroatoms. The van der Waals surface area contributed by atoms with Gasteiger partial charge in [-0.25, -0.2) is 8.42 Å². The summed E-state index contributed by atoms with van der Waals surface area (Å²) in [7, 11) is -3.60. The third kappa shape index (κ3) is 4.04. The maximum Gasteiger partial charge on any atom is 0.254 e. The molecule has 1 aliphatic rings. The zero-order chi connectivity index (χ0) is 18.6. The summed E-state index contributed by atoms with van der Waals surface area (Å²) in [5.74, 6) is -0.133. The SMILES string of the molecule is CCN(CC)S(=O)(=O)c1cc(C(=O)N2CCCCC2CN)ccc1C. The van der Waals surface area contributed by atoms with Gasteiger partial charge in [0.2, 0.25) is 10.0 Å². The zero-order valence-corrected chi connectivity index (χ0v) is 16.2. The van der Waals surface area contributed by atoms with Gasteiger partial charge in [0.05, 0.1) is 4.90 Å². The van der Waals surface area contributed by atoms with Crippen molar-refractivity contribution in [3.63, 3.8) is 0 Å². The van der Waals surface area contributed by atoms with Gasteiger partial charge in [0.1, 0.15) is 0 Å². The first-order chi connectivity index (χ1) is 11.9. The highest BCUT2D eigenvalue weighted by Crippen LogP contribution is 2.24. The molecule has 0 aliphatic carbocycles. The van der Waals surface area contributed by atoms with Crippen molar-refractivity contribution in [2.24, 2.45) is 5.73 Å². The van der Waals surface area contributed by atoms with Gasteiger partial charge in [-0.15, -0.1) is 0 Å². The van der Waals surface area contributed by atoms with Gasteiger partial charge < -0.3 is 10.6 Å². The van der Waals surface area contributed by atoms with Crippen molar-refractivity contribution >= 4 is 15.9 Å². The van der Waals surface area contributed by atoms with Crippen LogP contribution in [0.2, 0.25) is 0 Å². The molecular weight excluding hydrogens is 338 g/mol. The van der Waals surface area contributed by atoms with Gasteiger partial charge in [0.25, 0.3) is 5.91 Å². The van der Waals surface area contributed by atoms with Crippen molar-refractivity contribution in [1.82, 2.24) is 9.21 Å². The number of nitrogens with two attached hydrogens (primary N) is 1. The number of nitrogens with zero attached hydrogens (tertiary/aromatic N) is 2. The van der Waals surface area contributed by atoms with E-state index in [0.29, 0.717) is 37.3 Å². The van der Waals surface area contributed by atoms with Crippen LogP contribution in [0.3, 0.4) is 0 Å². The highest BCUT2D eigenvalue weighted by molar-refractivity contribution is 7.89. The Hall–Kier alpha value is -1.44. The molecule has 2 rings (SSSR count). The molecule has 0 radical (unpaired) electrons. The average molecular weight is 368 g/mol. The summed E-state index contributed by atoms with van der Waals surface area (Å²) in [5.41, 5.74) is 6.88. The molecule has 1 aromatic carbocycles. The first-order valence-electron chi connectivity index (χ1n) is 8.98. The molecule has 1 heterocycles. The van der Waals surface area contributed by atoms with E-state index in [1.165, 1.54) is 10.4 Å². The van der Waals surface area contributed by atoms with Gasteiger partial charge in [-0.2, -0.15) is 4.31 Å². The molecule has 25 heavy (non-hydrogen) atoms. The Labute approximate surface area is 151 Å². The van der Waals surface area contributed by atoms with Crippen LogP contribution in [0.5, 0.6) is 0 Å². The zero-order valence-electron chi connectivity index (χ0n) is 15.4. The summed E-state index contributed by atoms with van der Waals surface area (Å²) in [6.45, 7) is 7.29. The number of hydrogen-bond donors (Lipinski definition) is 1. The third-order valence-corrected chi connectivity index (χ3v) is 7.11. The van der Waals surface area contributed by atoms with Gasteiger partial charge >= 0.3 is 0 Å². The largest absolute Gasteiger partial charge is 0.334 e. The quantitative estimate of drug-likeness (QED) is 0.833. The molecule has 0 saturated carbocycles. The number of carbonyl (C=O) groups excluding carboxylic acids is 1. The van der Waals surface area contributed by atoms with Gasteiger partial charge in [-0.05, 0) is 43.9 Å². The van der Waals surface area contributed by atoms with Gasteiger partial charge in [0.15, 0.2) is 0 Å². The summed E-state index contributed by atoms with van der Waals surface area (Å²) < 4.78 is 27.1. The number of piperidine rings is 1. The fourth-order valence-electron chi connectivity index (χ4n) is 3.39. The summed E-state index contributed by atoms with van der Waals surface area (Å²) in [5, 5.41) is 0. The Morgan fingerprint density at radius 3 is 2.56 bits per heavy atom. The molecule has 0 spiro atoms. The molecule has 140 valence electrons. The smallest absolute Gasteiger partial charge is 0.254 e. The highest BCUT2D eigenvalue weighted by atomic mass is 32.2. The van der Waals surface area contributed by atoms with Crippen molar-refractivity contribution in [2.45, 2.75) is 51.0 Å². The van der Waals surface area contributed by atoms with E-state index in [0.717, 1.165) is 19.3 Å². The lowest BCUT2D eigenvalue weighted by atomic mass is 10.0. The van der Waals surface area contributed by atoms with Crippen LogP contribution in [-0.2, 0) is 10.0 Å². The molecule has 1 aliphatic heterocycles. The molecule has 1 saturated heterocycles. The van der Waals surface area contributed by atoms with Crippen LogP contribution in [0, 0.1) is 6.92 Å². The van der Waals surface area contributed by atoms with E-state index < -0.39 is 10.0 Å². The molecule has 2 N–H and O–H groups in total. The van der Waals surface area contributed by atoms with Crippen molar-refractivity contribution in [3.05, 3.63) is 29.3 Å². The Kier molecular flexibility index (Phi) is 6.59. The van der Waals surface area contributed by atoms with Crippen molar-refractivity contribution in [1.29, 1.82) is 0 Å². The molecule has 6 nitrogen and oxygen atoms in total. The van der Waals surface area contributed by atoms with Gasteiger partial charge in [-0.1, -0.05) is 19.9 Å². The van der Waals surface area contributed by atoms with Crippen LogP contribution in [0.1, 0.15) is 49.0 Å². The fourth-order valence-corrected chi connectivity index (χ4v) is 5.10. The second-order valence-electron chi connectivity index (χ2n) is 6.45. The minimum atomic E-state index is -3.60. The highest BCUT2D eigenvalue weighted by Gasteiger charge is 2.29. The summed E-state index contributed by atoms with van der Waals surface area (Å²) in [4.78, 5) is 14.9. The standard InChI is InChI=1S/C18H29N3O3S/c1-4-20(5-2)25(23,24)17-12-15(10-9-14(17)3)18(22)21-11-7-6-8-16(21)13-19/h9-10,12,16H,4-8,11,13,19H2,1-3H3. The topological polar surface area (TPSA) is 83.7 Å². The van der Waals surface area contributed by atoms with Crippen molar-refractivity contribution in [2.75, 3.05) is 26.2 Å². The van der Waals surface area contributed by atoms with E-state index in [2.05, 4.69) is 0 Å². The van der Waals surface area contributed by atoms with E-state index in [1.54, 1.807) is 24.0 Å². The second-order valence-corrected chi connectivity index (χ2v) is 8.36. The van der Waals surface area contributed by atoms with Crippen LogP contribution in [0.4, 0.5) is 0 Å². The number of carbonyl (C=O) groups is 1. The monoisotopic (exact) mass is 367 g/mol. The van der Waals surface area contributed by atoms with Crippen LogP contribution in [0.25, 0.3) is 0 Å². The number of rotatable bonds is 6. The summed E-state index contributed by atoms with van der Waals surface area (Å²) in [6.07, 6.45) is 2.93. The molecule has 0 bridgehead atoms. The minimum absolute atomic E-state index is 0.0328. The van der Waals surface area contributed by atoms with Crippen LogP contribution in [0.15, 0.2) is 23.1 Å². The predicted molar refractivity (Wildman–Crippen MR) is 99.0 cm³/mol. The lowest BCUT2D eigenvalue weighted by Gasteiger charge is -2.35. The number of likely N-dealkylation sites (tertiary alicyclic amines) is 1. The Balaban J connectivity index is 2.40. The predicted octanol–water partition coefficient (Wildman–Crippen LogP) is 1.98. The van der Waals surface area contributed by atoms with Crippen LogP contribution < -0.4 is 5.73 Å². The molecule has 0 aromatic heterocycles. The Bertz CT molecular complexity index is 714. The molecule has 1 aromatic rings. The first kappa shape index (κ1) is 19.9. The second kappa shape index (κ2) is 8.29. The Morgan fingerprint density at radius 2 is 1.96 bits per heavy atom. The first-order valence-corrected chi connectivity index (χ1v) is 10.4. The van der Waals surface area contributed by atoms with Crippen molar-refractivity contribution < 1.29 is 13.2 Å². The van der Waals surface area contributed by atoms with E-state index in [-0.39, 0.29) is 16.8 Å². The third-order valence-electron chi connectivity index (χ3n) is 4.92. The maximum absolute atomic E-state index is 12.9. The van der Waals surface area contributed by atoms with E-state index in [4.69, 9.17) is 5.73 Å². The molecule has 1 unspecified atom stereocenters. The number of benzene rings is 1.